The predicted octanol–water partition coefficient (Wildman–Crippen LogP) is 1.65. The highest BCUT2D eigenvalue weighted by Gasteiger charge is 2.23. The lowest BCUT2D eigenvalue weighted by atomic mass is 10.0. The van der Waals surface area contributed by atoms with E-state index in [2.05, 4.69) is 24.2 Å². The van der Waals surface area contributed by atoms with Crippen LogP contribution in [0.4, 0.5) is 0 Å². The molecule has 0 radical (unpaired) electrons. The van der Waals surface area contributed by atoms with Gasteiger partial charge in [-0.1, -0.05) is 0 Å². The van der Waals surface area contributed by atoms with Gasteiger partial charge in [0.2, 0.25) is 0 Å². The van der Waals surface area contributed by atoms with Gasteiger partial charge in [-0.25, -0.2) is 5.48 Å². The number of hydrogen-bond acceptors (Lipinski definition) is 3. The van der Waals surface area contributed by atoms with E-state index in [1.54, 1.807) is 0 Å². The van der Waals surface area contributed by atoms with Crippen LogP contribution in [0.15, 0.2) is 0 Å². The lowest BCUT2D eigenvalue weighted by molar-refractivity contribution is 0.0532. The molecule has 0 aromatic rings. The molecule has 1 atom stereocenters. The normalized spacial score (nSPS) is 23.6. The van der Waals surface area contributed by atoms with Crippen LogP contribution in [0.5, 0.6) is 0 Å². The number of nitrogens with zero attached hydrogens (tertiary/aromatic N) is 1. The van der Waals surface area contributed by atoms with Crippen LogP contribution >= 0.6 is 0 Å². The average Bonchev–Trinajstić information content (AvgIpc) is 2.61. The van der Waals surface area contributed by atoms with Gasteiger partial charge in [0, 0.05) is 19.6 Å². The Kier molecular flexibility index (Phi) is 5.45. The Morgan fingerprint density at radius 1 is 1.50 bits per heavy atom. The summed E-state index contributed by atoms with van der Waals surface area (Å²) >= 11 is 0. The highest BCUT2D eigenvalue weighted by Crippen LogP contribution is 2.22. The van der Waals surface area contributed by atoms with E-state index in [-0.39, 0.29) is 0 Å². The van der Waals surface area contributed by atoms with E-state index in [0.29, 0.717) is 6.04 Å². The van der Waals surface area contributed by atoms with Crippen molar-refractivity contribution in [3.63, 3.8) is 0 Å². The van der Waals surface area contributed by atoms with Crippen LogP contribution in [0.1, 0.15) is 33.1 Å². The lowest BCUT2D eigenvalue weighted by Crippen LogP contribution is -2.28. The van der Waals surface area contributed by atoms with Gasteiger partial charge in [0.25, 0.3) is 0 Å². The van der Waals surface area contributed by atoms with Gasteiger partial charge in [-0.05, 0) is 45.6 Å². The molecule has 1 unspecified atom stereocenters. The van der Waals surface area contributed by atoms with Crippen molar-refractivity contribution in [1.29, 1.82) is 0 Å². The number of hydrogen-bond donors (Lipinski definition) is 1. The molecule has 0 aromatic heterocycles. The molecule has 14 heavy (non-hydrogen) atoms. The molecular weight excluding hydrogens is 176 g/mol. The molecule has 1 aliphatic heterocycles. The predicted molar refractivity (Wildman–Crippen MR) is 59.1 cm³/mol. The van der Waals surface area contributed by atoms with Crippen LogP contribution in [-0.4, -0.2) is 37.7 Å². The number of hydroxylamine groups is 1. The fourth-order valence-electron chi connectivity index (χ4n) is 2.11. The molecular formula is C11H24N2O. The quantitative estimate of drug-likeness (QED) is 0.521. The first-order chi connectivity index (χ1) is 6.74. The van der Waals surface area contributed by atoms with Crippen LogP contribution in [-0.2, 0) is 4.84 Å². The Bertz CT molecular complexity index is 150. The second-order valence-electron chi connectivity index (χ2n) is 4.44. The van der Waals surface area contributed by atoms with Crippen molar-refractivity contribution < 1.29 is 4.84 Å². The minimum atomic E-state index is 0.716. The largest absolute Gasteiger partial charge is 0.302 e. The Balaban J connectivity index is 2.04. The minimum absolute atomic E-state index is 0.716. The molecule has 1 saturated heterocycles. The van der Waals surface area contributed by atoms with Gasteiger partial charge in [-0.2, -0.15) is 0 Å². The van der Waals surface area contributed by atoms with Crippen molar-refractivity contribution in [1.82, 2.24) is 10.4 Å². The van der Waals surface area contributed by atoms with Crippen molar-refractivity contribution in [2.75, 3.05) is 26.7 Å². The van der Waals surface area contributed by atoms with Crippen molar-refractivity contribution in [3.8, 4) is 0 Å². The number of rotatable bonds is 6. The van der Waals surface area contributed by atoms with Crippen LogP contribution in [0.25, 0.3) is 0 Å². The van der Waals surface area contributed by atoms with E-state index >= 15 is 0 Å². The smallest absolute Gasteiger partial charge is 0.0682 e. The summed E-state index contributed by atoms with van der Waals surface area (Å²) in [6.07, 6.45) is 3.86. The van der Waals surface area contributed by atoms with Crippen molar-refractivity contribution >= 4 is 0 Å². The van der Waals surface area contributed by atoms with Crippen LogP contribution in [0.2, 0.25) is 0 Å². The first-order valence-electron chi connectivity index (χ1n) is 5.76. The first-order valence-corrected chi connectivity index (χ1v) is 5.76. The Labute approximate surface area is 87.8 Å². The fourth-order valence-corrected chi connectivity index (χ4v) is 2.11. The highest BCUT2D eigenvalue weighted by atomic mass is 16.6. The molecule has 3 nitrogen and oxygen atoms in total. The monoisotopic (exact) mass is 200 g/mol. The molecule has 0 bridgehead atoms. The molecule has 0 aliphatic carbocycles. The third kappa shape index (κ3) is 3.95. The van der Waals surface area contributed by atoms with E-state index in [9.17, 15) is 0 Å². The second-order valence-corrected chi connectivity index (χ2v) is 4.44. The lowest BCUT2D eigenvalue weighted by Gasteiger charge is -2.20. The Morgan fingerprint density at radius 2 is 2.29 bits per heavy atom. The minimum Gasteiger partial charge on any atom is -0.302 e. The summed E-state index contributed by atoms with van der Waals surface area (Å²) in [6.45, 7) is 7.99. The van der Waals surface area contributed by atoms with Crippen LogP contribution in [0, 0.1) is 5.92 Å². The fraction of sp³-hybridized carbons (Fsp3) is 1.00. The van der Waals surface area contributed by atoms with E-state index in [1.165, 1.54) is 32.4 Å². The van der Waals surface area contributed by atoms with Gasteiger partial charge in [-0.3, -0.25) is 0 Å². The van der Waals surface area contributed by atoms with Gasteiger partial charge < -0.3 is 9.74 Å². The third-order valence-electron chi connectivity index (χ3n) is 3.05. The van der Waals surface area contributed by atoms with Gasteiger partial charge in [-0.15, -0.1) is 0 Å². The summed E-state index contributed by atoms with van der Waals surface area (Å²) in [7, 11) is 1.82. The van der Waals surface area contributed by atoms with Crippen molar-refractivity contribution in [2.24, 2.45) is 5.92 Å². The summed E-state index contributed by atoms with van der Waals surface area (Å²) in [6, 6.07) is 0.716. The van der Waals surface area contributed by atoms with Gasteiger partial charge in [0.05, 0.1) is 6.61 Å². The highest BCUT2D eigenvalue weighted by molar-refractivity contribution is 4.77. The summed E-state index contributed by atoms with van der Waals surface area (Å²) in [5.74, 6) is 0.901. The Morgan fingerprint density at radius 3 is 2.86 bits per heavy atom. The maximum atomic E-state index is 5.10. The van der Waals surface area contributed by atoms with Gasteiger partial charge in [0.15, 0.2) is 0 Å². The molecule has 1 heterocycles. The Hall–Kier alpha value is -0.120. The topological polar surface area (TPSA) is 24.5 Å². The molecule has 1 N–H and O–H groups in total. The zero-order valence-corrected chi connectivity index (χ0v) is 9.75. The van der Waals surface area contributed by atoms with E-state index in [4.69, 9.17) is 4.84 Å². The van der Waals surface area contributed by atoms with Crippen molar-refractivity contribution in [2.45, 2.75) is 39.2 Å². The van der Waals surface area contributed by atoms with Gasteiger partial charge >= 0.3 is 0 Å². The number of nitrogens with one attached hydrogen (secondary N) is 1. The van der Waals surface area contributed by atoms with E-state index < -0.39 is 0 Å². The summed E-state index contributed by atoms with van der Waals surface area (Å²) < 4.78 is 0. The second kappa shape index (κ2) is 6.38. The molecule has 0 amide bonds. The standard InChI is InChI=1S/C11H24N2O/c1-10(2)13-7-6-11(9-13)5-4-8-14-12-3/h10-12H,4-9H2,1-3H3. The maximum absolute atomic E-state index is 5.10. The maximum Gasteiger partial charge on any atom is 0.0682 e. The zero-order valence-electron chi connectivity index (χ0n) is 9.75. The molecule has 3 heteroatoms. The molecule has 1 aliphatic rings. The molecule has 0 aromatic carbocycles. The van der Waals surface area contributed by atoms with E-state index in [1.807, 2.05) is 7.05 Å². The molecule has 0 spiro atoms. The van der Waals surface area contributed by atoms with Gasteiger partial charge in [0.1, 0.15) is 0 Å². The van der Waals surface area contributed by atoms with Crippen LogP contribution < -0.4 is 5.48 Å². The summed E-state index contributed by atoms with van der Waals surface area (Å²) in [5.41, 5.74) is 2.71. The molecule has 1 fully saturated rings. The molecule has 1 rings (SSSR count). The first kappa shape index (κ1) is 12.0. The zero-order chi connectivity index (χ0) is 10.4. The summed E-state index contributed by atoms with van der Waals surface area (Å²) in [4.78, 5) is 7.68. The molecule has 0 saturated carbocycles. The SMILES string of the molecule is CNOCCCC1CCN(C(C)C)C1. The molecule has 84 valence electrons. The van der Waals surface area contributed by atoms with Crippen molar-refractivity contribution in [3.05, 3.63) is 0 Å². The average molecular weight is 200 g/mol. The van der Waals surface area contributed by atoms with E-state index in [0.717, 1.165) is 12.5 Å². The summed E-state index contributed by atoms with van der Waals surface area (Å²) in [5, 5.41) is 0. The third-order valence-corrected chi connectivity index (χ3v) is 3.05. The van der Waals surface area contributed by atoms with Crippen LogP contribution in [0.3, 0.4) is 0 Å². The number of likely N-dealkylation sites (tertiary alicyclic amines) is 1.